The van der Waals surface area contributed by atoms with Crippen molar-refractivity contribution in [1.82, 2.24) is 20.3 Å². The first-order chi connectivity index (χ1) is 13.2. The Morgan fingerprint density at radius 3 is 2.75 bits per heavy atom. The van der Waals surface area contributed by atoms with Gasteiger partial charge in [-0.15, -0.1) is 0 Å². The second kappa shape index (κ2) is 7.45. The summed E-state index contributed by atoms with van der Waals surface area (Å²) >= 11 is 0. The second-order valence-corrected chi connectivity index (χ2v) is 6.32. The fourth-order valence-corrected chi connectivity index (χ4v) is 2.54. The van der Waals surface area contributed by atoms with Crippen LogP contribution in [-0.4, -0.2) is 45.3 Å². The number of halogens is 3. The van der Waals surface area contributed by atoms with Crippen molar-refractivity contribution in [3.63, 3.8) is 0 Å². The van der Waals surface area contributed by atoms with Gasteiger partial charge in [-0.2, -0.15) is 23.1 Å². The highest BCUT2D eigenvalue weighted by atomic mass is 19.4. The van der Waals surface area contributed by atoms with Crippen molar-refractivity contribution >= 4 is 23.8 Å². The molecule has 10 heteroatoms. The van der Waals surface area contributed by atoms with Gasteiger partial charge in [-0.25, -0.2) is 4.98 Å². The lowest BCUT2D eigenvalue weighted by molar-refractivity contribution is -0.140. The average Bonchev–Trinajstić information content (AvgIpc) is 3.09. The van der Waals surface area contributed by atoms with Crippen molar-refractivity contribution in [2.45, 2.75) is 32.0 Å². The summed E-state index contributed by atoms with van der Waals surface area (Å²) < 4.78 is 37.2. The van der Waals surface area contributed by atoms with Crippen LogP contribution in [0.3, 0.4) is 0 Å². The van der Waals surface area contributed by atoms with Gasteiger partial charge >= 0.3 is 6.18 Å². The first-order valence-electron chi connectivity index (χ1n) is 8.49. The summed E-state index contributed by atoms with van der Waals surface area (Å²) in [5, 5.41) is 6.18. The molecule has 2 aromatic heterocycles. The summed E-state index contributed by atoms with van der Waals surface area (Å²) in [4.78, 5) is 29.2. The molecule has 0 spiro atoms. The molecule has 1 unspecified atom stereocenters. The van der Waals surface area contributed by atoms with Crippen molar-refractivity contribution in [2.24, 2.45) is 4.99 Å². The molecule has 3 heterocycles. The van der Waals surface area contributed by atoms with E-state index in [1.165, 1.54) is 19.2 Å². The second-order valence-electron chi connectivity index (χ2n) is 6.32. The zero-order valence-corrected chi connectivity index (χ0v) is 15.2. The molecular weight excluding hydrogens is 373 g/mol. The molecule has 1 aliphatic rings. The third kappa shape index (κ3) is 4.21. The maximum absolute atomic E-state index is 12.4. The largest absolute Gasteiger partial charge is 0.451 e. The van der Waals surface area contributed by atoms with Crippen LogP contribution in [0.25, 0.3) is 5.32 Å². The molecule has 146 valence electrons. The number of alkyl halides is 3. The average molecular weight is 390 g/mol. The van der Waals surface area contributed by atoms with E-state index >= 15 is 0 Å². The Bertz CT molecular complexity index is 901. The van der Waals surface area contributed by atoms with Crippen LogP contribution in [-0.2, 0) is 4.79 Å². The van der Waals surface area contributed by atoms with Crippen LogP contribution in [0, 0.1) is 5.92 Å². The van der Waals surface area contributed by atoms with Gasteiger partial charge in [0.25, 0.3) is 5.82 Å². The van der Waals surface area contributed by atoms with E-state index in [0.29, 0.717) is 17.6 Å². The van der Waals surface area contributed by atoms with Crippen molar-refractivity contribution in [2.75, 3.05) is 6.54 Å². The number of hydrogen-bond donors (Lipinski definition) is 1. The van der Waals surface area contributed by atoms with E-state index in [9.17, 15) is 18.0 Å². The third-order valence-electron chi connectivity index (χ3n) is 4.26. The summed E-state index contributed by atoms with van der Waals surface area (Å²) in [7, 11) is 0. The van der Waals surface area contributed by atoms with Crippen LogP contribution >= 0.6 is 0 Å². The number of nitrogens with zero attached hydrogens (tertiary/aromatic N) is 5. The molecule has 2 aromatic rings. The fourth-order valence-electron chi connectivity index (χ4n) is 2.54. The van der Waals surface area contributed by atoms with E-state index in [-0.39, 0.29) is 12.2 Å². The molecular formula is C18H17F3N6O. The van der Waals surface area contributed by atoms with E-state index in [4.69, 9.17) is 0 Å². The van der Waals surface area contributed by atoms with Crippen molar-refractivity contribution in [1.29, 1.82) is 0 Å². The van der Waals surface area contributed by atoms with Crippen LogP contribution in [0.4, 0.5) is 24.8 Å². The third-order valence-corrected chi connectivity index (χ3v) is 4.26. The molecule has 1 atom stereocenters. The topological polar surface area (TPSA) is 94.2 Å². The number of carbonyl (C=O) groups is 1. The molecule has 7 nitrogen and oxygen atoms in total. The molecule has 0 radical (unpaired) electrons. The first kappa shape index (κ1) is 19.6. The Balaban J connectivity index is 1.78. The molecule has 3 rings (SSSR count). The summed E-state index contributed by atoms with van der Waals surface area (Å²) in [6.07, 6.45) is 0.386. The molecule has 1 amide bonds. The van der Waals surface area contributed by atoms with Crippen molar-refractivity contribution in [3.05, 3.63) is 53.2 Å². The van der Waals surface area contributed by atoms with Gasteiger partial charge in [-0.05, 0) is 12.5 Å². The lowest BCUT2D eigenvalue weighted by atomic mass is 9.97. The summed E-state index contributed by atoms with van der Waals surface area (Å²) in [5.41, 5.74) is -0.633. The Kier molecular flexibility index (Phi) is 5.21. The molecule has 0 saturated carbocycles. The number of aromatic nitrogens is 3. The smallest absolute Gasteiger partial charge is 0.405 e. The highest BCUT2D eigenvalue weighted by Crippen LogP contribution is 2.35. The number of amides is 1. The zero-order chi connectivity index (χ0) is 20.4. The number of pyridine rings is 1. The minimum atomic E-state index is -4.49. The minimum Gasteiger partial charge on any atom is -0.451 e. The van der Waals surface area contributed by atoms with Gasteiger partial charge in [0.1, 0.15) is 24.5 Å². The van der Waals surface area contributed by atoms with Crippen LogP contribution < -0.4 is 5.32 Å². The normalized spacial score (nSPS) is 15.1. The van der Waals surface area contributed by atoms with E-state index < -0.39 is 24.2 Å². The van der Waals surface area contributed by atoms with Gasteiger partial charge in [-0.1, -0.05) is 19.7 Å². The number of aliphatic imine (C=N–C) groups is 1. The van der Waals surface area contributed by atoms with Gasteiger partial charge < -0.3 is 15.6 Å². The standard InChI is InChI=1S/C18H17F3N6O/c1-3-17(2,16(28)25-10-18(19,20)21)27-13-6-8-23-15(26-13)12-9-24-14-11(12)5-4-7-22-14/h4-9H,3,10H2,1-2H3,(H-,23,25,26,27,28). The van der Waals surface area contributed by atoms with Gasteiger partial charge in [0.15, 0.2) is 5.56 Å². The molecule has 1 N–H and O–H groups in total. The Hall–Kier alpha value is -3.17. The Labute approximate surface area is 159 Å². The predicted molar refractivity (Wildman–Crippen MR) is 96.6 cm³/mol. The molecule has 0 saturated heterocycles. The molecule has 28 heavy (non-hydrogen) atoms. The summed E-state index contributed by atoms with van der Waals surface area (Å²) in [5.74, 6) is 0.908. The van der Waals surface area contributed by atoms with Crippen LogP contribution in [0.2, 0.25) is 0 Å². The maximum atomic E-state index is 12.4. The quantitative estimate of drug-likeness (QED) is 0.765. The van der Waals surface area contributed by atoms with Crippen LogP contribution in [0.5, 0.6) is 0 Å². The number of fused-ring (bicyclic) bond motifs is 1. The highest BCUT2D eigenvalue weighted by molar-refractivity contribution is 5.93. The predicted octanol–water partition coefficient (Wildman–Crippen LogP) is 3.41. The molecule has 0 aliphatic carbocycles. The van der Waals surface area contributed by atoms with E-state index in [1.807, 2.05) is 11.4 Å². The monoisotopic (exact) mass is 390 g/mol. The number of hydrogen-bond acceptors (Lipinski definition) is 5. The van der Waals surface area contributed by atoms with Crippen molar-refractivity contribution in [3.8, 4) is 0 Å². The molecule has 0 bridgehead atoms. The van der Waals surface area contributed by atoms with Gasteiger partial charge in [-0.3, -0.25) is 4.79 Å². The fraction of sp³-hybridized carbons (Fsp3) is 0.333. The van der Waals surface area contributed by atoms with Gasteiger partial charge in [0.2, 0.25) is 5.91 Å². The number of rotatable bonds is 6. The number of carbonyl (C=O) groups excluding carboxylic acids is 1. The summed E-state index contributed by atoms with van der Waals surface area (Å²) in [6, 6.07) is 5.09. The van der Waals surface area contributed by atoms with Crippen LogP contribution in [0.15, 0.2) is 35.6 Å². The molecule has 0 aromatic carbocycles. The molecule has 0 fully saturated rings. The van der Waals surface area contributed by atoms with E-state index in [1.54, 1.807) is 25.4 Å². The van der Waals surface area contributed by atoms with E-state index in [0.717, 1.165) is 5.56 Å². The Morgan fingerprint density at radius 1 is 1.25 bits per heavy atom. The van der Waals surface area contributed by atoms with Crippen LogP contribution in [0.1, 0.15) is 31.7 Å². The van der Waals surface area contributed by atoms with Gasteiger partial charge in [0.05, 0.1) is 17.8 Å². The molecule has 1 aliphatic heterocycles. The minimum absolute atomic E-state index is 0.190. The first-order valence-corrected chi connectivity index (χ1v) is 8.49. The highest BCUT2D eigenvalue weighted by Gasteiger charge is 2.33. The lowest BCUT2D eigenvalue weighted by Crippen LogP contribution is -2.46. The SMILES string of the molecule is CCC(C)([N-]c1ccnc([C+]2C=Nc3ncccc32)n1)C(=O)NCC(F)(F)F. The van der Waals surface area contributed by atoms with E-state index in [2.05, 4.69) is 25.3 Å². The van der Waals surface area contributed by atoms with Crippen molar-refractivity contribution < 1.29 is 18.0 Å². The van der Waals surface area contributed by atoms with Gasteiger partial charge in [0, 0.05) is 12.3 Å². The Morgan fingerprint density at radius 2 is 2.04 bits per heavy atom. The number of nitrogens with one attached hydrogen (secondary N) is 1. The zero-order valence-electron chi connectivity index (χ0n) is 15.2. The summed E-state index contributed by atoms with van der Waals surface area (Å²) in [6.45, 7) is 1.72. The maximum Gasteiger partial charge on any atom is 0.405 e. The lowest BCUT2D eigenvalue weighted by Gasteiger charge is -2.35.